The molecule has 140 valence electrons. The van der Waals surface area contributed by atoms with E-state index in [1.807, 2.05) is 19.3 Å². The molecule has 0 bridgehead atoms. The first-order chi connectivity index (χ1) is 12.3. The van der Waals surface area contributed by atoms with Crippen LogP contribution in [0.15, 0.2) is 18.6 Å². The molecule has 2 aromatic rings. The Labute approximate surface area is 148 Å². The van der Waals surface area contributed by atoms with Crippen molar-refractivity contribution in [1.82, 2.24) is 19.9 Å². The lowest BCUT2D eigenvalue weighted by atomic mass is 10.0. The Morgan fingerprint density at radius 1 is 1.31 bits per heavy atom. The molecule has 1 saturated heterocycles. The number of anilines is 1. The Balaban J connectivity index is 1.42. The van der Waals surface area contributed by atoms with Gasteiger partial charge in [0.2, 0.25) is 5.91 Å². The Hall–Kier alpha value is -2.32. The van der Waals surface area contributed by atoms with Crippen molar-refractivity contribution < 1.29 is 18.0 Å². The third-order valence-electron chi connectivity index (χ3n) is 5.65. The van der Waals surface area contributed by atoms with Crippen molar-refractivity contribution in [1.29, 1.82) is 0 Å². The number of nitrogens with one attached hydrogen (secondary N) is 1. The fourth-order valence-corrected chi connectivity index (χ4v) is 4.38. The highest BCUT2D eigenvalue weighted by Crippen LogP contribution is 2.41. The minimum atomic E-state index is -4.44. The third kappa shape index (κ3) is 3.10. The van der Waals surface area contributed by atoms with Gasteiger partial charge < -0.3 is 14.8 Å². The molecule has 26 heavy (non-hydrogen) atoms. The average molecular weight is 367 g/mol. The van der Waals surface area contributed by atoms with Gasteiger partial charge in [0.1, 0.15) is 24.2 Å². The van der Waals surface area contributed by atoms with E-state index in [4.69, 9.17) is 0 Å². The molecule has 3 heterocycles. The molecular formula is C17H20F3N5O. The van der Waals surface area contributed by atoms with Crippen molar-refractivity contribution in [3.8, 4) is 0 Å². The largest absolute Gasteiger partial charge is 0.397 e. The first-order valence-electron chi connectivity index (χ1n) is 8.67. The van der Waals surface area contributed by atoms with Crippen molar-refractivity contribution >= 4 is 22.8 Å². The molecule has 2 fully saturated rings. The van der Waals surface area contributed by atoms with E-state index in [9.17, 15) is 18.0 Å². The van der Waals surface area contributed by atoms with E-state index < -0.39 is 18.5 Å². The second kappa shape index (κ2) is 6.14. The van der Waals surface area contributed by atoms with Crippen LogP contribution in [0.5, 0.6) is 0 Å². The van der Waals surface area contributed by atoms with Gasteiger partial charge in [-0.2, -0.15) is 13.2 Å². The summed E-state index contributed by atoms with van der Waals surface area (Å²) < 4.78 is 37.3. The van der Waals surface area contributed by atoms with E-state index in [0.29, 0.717) is 13.1 Å². The standard InChI is InChI=1S/C17H20F3N5O/c1-24(16-13-2-3-21-15(13)22-9-23-16)12-4-10-7-25(8-11(10)5-12)14(26)6-17(18,19)20/h2-3,9-12H,4-8H2,1H3,(H,21,22,23)/t10-,11+,12?. The van der Waals surface area contributed by atoms with E-state index in [0.717, 1.165) is 29.7 Å². The Kier molecular flexibility index (Phi) is 4.04. The van der Waals surface area contributed by atoms with Crippen LogP contribution in [0, 0.1) is 11.8 Å². The number of fused-ring (bicyclic) bond motifs is 2. The molecule has 0 radical (unpaired) electrons. The Bertz CT molecular complexity index is 806. The van der Waals surface area contributed by atoms with Gasteiger partial charge in [-0.15, -0.1) is 0 Å². The topological polar surface area (TPSA) is 65.1 Å². The average Bonchev–Trinajstić information content (AvgIpc) is 3.25. The summed E-state index contributed by atoms with van der Waals surface area (Å²) in [6.07, 6.45) is -0.739. The first kappa shape index (κ1) is 17.1. The van der Waals surface area contributed by atoms with Crippen molar-refractivity contribution in [3.63, 3.8) is 0 Å². The van der Waals surface area contributed by atoms with Crippen LogP contribution in [0.2, 0.25) is 0 Å². The van der Waals surface area contributed by atoms with E-state index in [-0.39, 0.29) is 17.9 Å². The van der Waals surface area contributed by atoms with Gasteiger partial charge in [-0.25, -0.2) is 9.97 Å². The van der Waals surface area contributed by atoms with Crippen LogP contribution in [-0.2, 0) is 4.79 Å². The van der Waals surface area contributed by atoms with Gasteiger partial charge in [-0.05, 0) is 30.7 Å². The molecule has 2 aliphatic rings. The first-order valence-corrected chi connectivity index (χ1v) is 8.67. The van der Waals surface area contributed by atoms with Crippen molar-refractivity contribution in [3.05, 3.63) is 18.6 Å². The third-order valence-corrected chi connectivity index (χ3v) is 5.65. The second-order valence-electron chi connectivity index (χ2n) is 7.28. The van der Waals surface area contributed by atoms with Gasteiger partial charge in [0.25, 0.3) is 0 Å². The fraction of sp³-hybridized carbons (Fsp3) is 0.588. The summed E-state index contributed by atoms with van der Waals surface area (Å²) in [7, 11) is 1.99. The van der Waals surface area contributed by atoms with Gasteiger partial charge in [0.15, 0.2) is 0 Å². The highest BCUT2D eigenvalue weighted by molar-refractivity contribution is 5.87. The smallest absolute Gasteiger partial charge is 0.356 e. The van der Waals surface area contributed by atoms with Gasteiger partial charge in [-0.3, -0.25) is 4.79 Å². The minimum Gasteiger partial charge on any atom is -0.356 e. The molecule has 2 aromatic heterocycles. The zero-order chi connectivity index (χ0) is 18.5. The molecule has 0 aromatic carbocycles. The van der Waals surface area contributed by atoms with Crippen LogP contribution in [0.3, 0.4) is 0 Å². The fourth-order valence-electron chi connectivity index (χ4n) is 4.38. The van der Waals surface area contributed by atoms with E-state index in [1.165, 1.54) is 11.2 Å². The molecule has 3 atom stereocenters. The van der Waals surface area contributed by atoms with E-state index in [1.54, 1.807) is 0 Å². The number of carbonyl (C=O) groups is 1. The maximum absolute atomic E-state index is 12.4. The summed E-state index contributed by atoms with van der Waals surface area (Å²) in [4.78, 5) is 27.0. The molecule has 6 nitrogen and oxygen atoms in total. The number of aromatic nitrogens is 3. The van der Waals surface area contributed by atoms with Crippen LogP contribution in [-0.4, -0.2) is 58.1 Å². The molecule has 1 aliphatic heterocycles. The molecule has 0 spiro atoms. The monoisotopic (exact) mass is 367 g/mol. The lowest BCUT2D eigenvalue weighted by Crippen LogP contribution is -2.36. The van der Waals surface area contributed by atoms with Gasteiger partial charge >= 0.3 is 6.18 Å². The van der Waals surface area contributed by atoms with Gasteiger partial charge in [0.05, 0.1) is 5.39 Å². The van der Waals surface area contributed by atoms with Crippen molar-refractivity contribution in [2.45, 2.75) is 31.5 Å². The highest BCUT2D eigenvalue weighted by atomic mass is 19.4. The summed E-state index contributed by atoms with van der Waals surface area (Å²) in [5.74, 6) is 0.555. The van der Waals surface area contributed by atoms with Crippen LogP contribution in [0.4, 0.5) is 19.0 Å². The molecule has 1 unspecified atom stereocenters. The maximum atomic E-state index is 12.4. The van der Waals surface area contributed by atoms with Crippen LogP contribution < -0.4 is 4.90 Å². The summed E-state index contributed by atoms with van der Waals surface area (Å²) in [5, 5.41) is 0.953. The van der Waals surface area contributed by atoms with Crippen LogP contribution >= 0.6 is 0 Å². The Morgan fingerprint density at radius 3 is 2.65 bits per heavy atom. The van der Waals surface area contributed by atoms with Crippen LogP contribution in [0.1, 0.15) is 19.3 Å². The molecule has 1 aliphatic carbocycles. The molecule has 1 saturated carbocycles. The van der Waals surface area contributed by atoms with Crippen molar-refractivity contribution in [2.24, 2.45) is 11.8 Å². The van der Waals surface area contributed by atoms with Gasteiger partial charge in [0, 0.05) is 32.4 Å². The van der Waals surface area contributed by atoms with E-state index in [2.05, 4.69) is 19.9 Å². The number of carbonyl (C=O) groups excluding carboxylic acids is 1. The van der Waals surface area contributed by atoms with E-state index >= 15 is 0 Å². The van der Waals surface area contributed by atoms with Crippen LogP contribution in [0.25, 0.3) is 11.0 Å². The second-order valence-corrected chi connectivity index (χ2v) is 7.28. The SMILES string of the molecule is CN(c1ncnc2[nH]ccc12)C1C[C@@H]2CN(C(=O)CC(F)(F)F)C[C@@H]2C1. The zero-order valence-electron chi connectivity index (χ0n) is 14.3. The molecule has 1 amide bonds. The van der Waals surface area contributed by atoms with Crippen molar-refractivity contribution in [2.75, 3.05) is 25.0 Å². The normalized spacial score (nSPS) is 25.7. The quantitative estimate of drug-likeness (QED) is 0.906. The summed E-state index contributed by atoms with van der Waals surface area (Å²) in [6.45, 7) is 0.848. The summed E-state index contributed by atoms with van der Waals surface area (Å²) >= 11 is 0. The number of hydrogen-bond acceptors (Lipinski definition) is 4. The number of alkyl halides is 3. The number of amides is 1. The predicted molar refractivity (Wildman–Crippen MR) is 89.5 cm³/mol. The molecule has 9 heteroatoms. The summed E-state index contributed by atoms with van der Waals surface area (Å²) in [6, 6.07) is 2.20. The minimum absolute atomic E-state index is 0.253. The number of nitrogens with zero attached hydrogens (tertiary/aromatic N) is 4. The lowest BCUT2D eigenvalue weighted by molar-refractivity contribution is -0.160. The predicted octanol–water partition coefficient (Wildman–Crippen LogP) is 2.58. The molecule has 4 rings (SSSR count). The molecular weight excluding hydrogens is 347 g/mol. The number of likely N-dealkylation sites (tertiary alicyclic amines) is 1. The summed E-state index contributed by atoms with van der Waals surface area (Å²) in [5.41, 5.74) is 0.781. The lowest BCUT2D eigenvalue weighted by Gasteiger charge is -2.28. The highest BCUT2D eigenvalue weighted by Gasteiger charge is 2.45. The Morgan fingerprint density at radius 2 is 2.00 bits per heavy atom. The number of aromatic amines is 1. The number of halogens is 3. The maximum Gasteiger partial charge on any atom is 0.397 e. The number of rotatable bonds is 3. The molecule has 1 N–H and O–H groups in total. The number of hydrogen-bond donors (Lipinski definition) is 1. The number of H-pyrrole nitrogens is 1. The van der Waals surface area contributed by atoms with Gasteiger partial charge in [-0.1, -0.05) is 0 Å². The zero-order valence-corrected chi connectivity index (χ0v) is 14.3.